The molecule has 1 heterocycles. The molecule has 104 valence electrons. The van der Waals surface area contributed by atoms with Gasteiger partial charge in [-0.1, -0.05) is 11.6 Å². The Morgan fingerprint density at radius 3 is 2.74 bits per heavy atom. The van der Waals surface area contributed by atoms with E-state index in [0.29, 0.717) is 0 Å². The third kappa shape index (κ3) is 3.55. The van der Waals surface area contributed by atoms with Crippen LogP contribution in [0.25, 0.3) is 0 Å². The van der Waals surface area contributed by atoms with E-state index in [2.05, 4.69) is 16.8 Å². The van der Waals surface area contributed by atoms with E-state index in [1.165, 1.54) is 12.1 Å². The second-order valence-electron chi connectivity index (χ2n) is 5.17. The van der Waals surface area contributed by atoms with Gasteiger partial charge in [0.05, 0.1) is 0 Å². The Hall–Kier alpha value is -1.39. The number of phenolic OH excluding ortho intramolecular Hbond substituents is 1. The third-order valence-corrected chi connectivity index (χ3v) is 3.49. The molecule has 19 heavy (non-hydrogen) atoms. The van der Waals surface area contributed by atoms with Gasteiger partial charge in [-0.05, 0) is 31.0 Å². The van der Waals surface area contributed by atoms with E-state index in [4.69, 9.17) is 0 Å². The van der Waals surface area contributed by atoms with Gasteiger partial charge in [0, 0.05) is 32.2 Å². The van der Waals surface area contributed by atoms with Crippen molar-refractivity contribution in [1.29, 1.82) is 0 Å². The van der Waals surface area contributed by atoms with Gasteiger partial charge in [0.1, 0.15) is 0 Å². The van der Waals surface area contributed by atoms with Crippen molar-refractivity contribution < 1.29 is 9.50 Å². The number of phenols is 1. The molecule has 0 spiro atoms. The van der Waals surface area contributed by atoms with Gasteiger partial charge in [0.2, 0.25) is 0 Å². The average molecular weight is 264 g/mol. The number of hydrogen-bond acceptors (Lipinski definition) is 3. The number of rotatable bonds is 4. The Kier molecular flexibility index (Phi) is 4.56. The van der Waals surface area contributed by atoms with Crippen molar-refractivity contribution in [3.8, 4) is 5.75 Å². The van der Waals surface area contributed by atoms with E-state index in [0.717, 1.165) is 43.7 Å². The van der Waals surface area contributed by atoms with E-state index < -0.39 is 5.82 Å². The van der Waals surface area contributed by atoms with Crippen molar-refractivity contribution in [2.24, 2.45) is 0 Å². The van der Waals surface area contributed by atoms with Crippen molar-refractivity contribution in [3.05, 3.63) is 41.7 Å². The van der Waals surface area contributed by atoms with Crippen molar-refractivity contribution in [2.45, 2.75) is 19.4 Å². The molecule has 0 radical (unpaired) electrons. The zero-order valence-electron chi connectivity index (χ0n) is 11.3. The standard InChI is InChI=1S/C15H21FN2O/c1-11(2)9-14(18-7-5-17-6-8-18)12-3-4-15(19)13(16)10-12/h3-4,10,14,17,19H,1,5-9H2,2H3/t14-/m1/s1. The van der Waals surface area contributed by atoms with E-state index in [9.17, 15) is 9.50 Å². The maximum Gasteiger partial charge on any atom is 0.165 e. The summed E-state index contributed by atoms with van der Waals surface area (Å²) in [6, 6.07) is 4.80. The second kappa shape index (κ2) is 6.17. The minimum absolute atomic E-state index is 0.134. The molecular formula is C15H21FN2O. The summed E-state index contributed by atoms with van der Waals surface area (Å²) < 4.78 is 13.5. The van der Waals surface area contributed by atoms with Gasteiger partial charge in [-0.25, -0.2) is 4.39 Å². The molecule has 1 aliphatic heterocycles. The van der Waals surface area contributed by atoms with Crippen molar-refractivity contribution >= 4 is 0 Å². The molecule has 1 aromatic carbocycles. The van der Waals surface area contributed by atoms with Crippen LogP contribution in [0.15, 0.2) is 30.4 Å². The number of aromatic hydroxyl groups is 1. The molecule has 0 bridgehead atoms. The normalized spacial score (nSPS) is 18.2. The summed E-state index contributed by atoms with van der Waals surface area (Å²) in [5, 5.41) is 12.6. The number of benzene rings is 1. The molecule has 1 aliphatic rings. The maximum absolute atomic E-state index is 13.5. The van der Waals surface area contributed by atoms with Crippen LogP contribution >= 0.6 is 0 Å². The van der Waals surface area contributed by atoms with Crippen LogP contribution in [-0.2, 0) is 0 Å². The Morgan fingerprint density at radius 2 is 2.16 bits per heavy atom. The lowest BCUT2D eigenvalue weighted by atomic mass is 9.97. The molecule has 0 aromatic heterocycles. The summed E-state index contributed by atoms with van der Waals surface area (Å²) in [6.07, 6.45) is 0.810. The van der Waals surface area contributed by atoms with Crippen molar-refractivity contribution in [2.75, 3.05) is 26.2 Å². The molecular weight excluding hydrogens is 243 g/mol. The summed E-state index contributed by atoms with van der Waals surface area (Å²) in [6.45, 7) is 9.75. The van der Waals surface area contributed by atoms with Gasteiger partial charge in [0.15, 0.2) is 11.6 Å². The first-order chi connectivity index (χ1) is 9.08. The van der Waals surface area contributed by atoms with Crippen LogP contribution in [0.1, 0.15) is 24.9 Å². The molecule has 3 nitrogen and oxygen atoms in total. The highest BCUT2D eigenvalue weighted by molar-refractivity contribution is 5.30. The lowest BCUT2D eigenvalue weighted by Crippen LogP contribution is -2.45. The third-order valence-electron chi connectivity index (χ3n) is 3.49. The Labute approximate surface area is 113 Å². The molecule has 2 N–H and O–H groups in total. The largest absolute Gasteiger partial charge is 0.505 e. The predicted molar refractivity (Wildman–Crippen MR) is 74.7 cm³/mol. The molecule has 0 aliphatic carbocycles. The van der Waals surface area contributed by atoms with Gasteiger partial charge < -0.3 is 10.4 Å². The van der Waals surface area contributed by atoms with Gasteiger partial charge in [-0.2, -0.15) is 0 Å². The maximum atomic E-state index is 13.5. The zero-order chi connectivity index (χ0) is 13.8. The molecule has 0 amide bonds. The number of nitrogens with one attached hydrogen (secondary N) is 1. The fourth-order valence-electron chi connectivity index (χ4n) is 2.51. The van der Waals surface area contributed by atoms with E-state index >= 15 is 0 Å². The molecule has 1 fully saturated rings. The summed E-state index contributed by atoms with van der Waals surface area (Å²) in [7, 11) is 0. The smallest absolute Gasteiger partial charge is 0.165 e. The fraction of sp³-hybridized carbons (Fsp3) is 0.467. The van der Waals surface area contributed by atoms with Gasteiger partial charge in [-0.3, -0.25) is 4.90 Å². The van der Waals surface area contributed by atoms with Crippen LogP contribution in [0, 0.1) is 5.82 Å². The predicted octanol–water partition coefficient (Wildman–Crippen LogP) is 2.44. The summed E-state index contributed by atoms with van der Waals surface area (Å²) in [5.74, 6) is -0.850. The van der Waals surface area contributed by atoms with E-state index in [1.54, 1.807) is 6.07 Å². The fourth-order valence-corrected chi connectivity index (χ4v) is 2.51. The molecule has 1 atom stereocenters. The average Bonchev–Trinajstić information content (AvgIpc) is 2.40. The van der Waals surface area contributed by atoms with Crippen molar-refractivity contribution in [3.63, 3.8) is 0 Å². The molecule has 4 heteroatoms. The number of hydrogen-bond donors (Lipinski definition) is 2. The van der Waals surface area contributed by atoms with Gasteiger partial charge in [0.25, 0.3) is 0 Å². The number of piperazine rings is 1. The Morgan fingerprint density at radius 1 is 1.47 bits per heavy atom. The van der Waals surface area contributed by atoms with Crippen LogP contribution in [0.5, 0.6) is 5.75 Å². The second-order valence-corrected chi connectivity index (χ2v) is 5.17. The zero-order valence-corrected chi connectivity index (χ0v) is 11.3. The van der Waals surface area contributed by atoms with Crippen LogP contribution in [0.4, 0.5) is 4.39 Å². The van der Waals surface area contributed by atoms with Gasteiger partial charge >= 0.3 is 0 Å². The van der Waals surface area contributed by atoms with E-state index in [-0.39, 0.29) is 11.8 Å². The quantitative estimate of drug-likeness (QED) is 0.820. The monoisotopic (exact) mass is 264 g/mol. The molecule has 1 aromatic rings. The molecule has 0 saturated carbocycles. The highest BCUT2D eigenvalue weighted by atomic mass is 19.1. The number of halogens is 1. The summed E-state index contributed by atoms with van der Waals surface area (Å²) >= 11 is 0. The minimum atomic E-state index is -0.556. The lowest BCUT2D eigenvalue weighted by molar-refractivity contribution is 0.172. The van der Waals surface area contributed by atoms with E-state index in [1.807, 2.05) is 6.92 Å². The Balaban J connectivity index is 2.24. The van der Waals surface area contributed by atoms with Gasteiger partial charge in [-0.15, -0.1) is 6.58 Å². The summed E-state index contributed by atoms with van der Waals surface area (Å²) in [5.41, 5.74) is 1.98. The van der Waals surface area contributed by atoms with Crippen molar-refractivity contribution in [1.82, 2.24) is 10.2 Å². The lowest BCUT2D eigenvalue weighted by Gasteiger charge is -2.35. The first kappa shape index (κ1) is 14.0. The first-order valence-corrected chi connectivity index (χ1v) is 6.65. The highest BCUT2D eigenvalue weighted by Gasteiger charge is 2.22. The molecule has 0 unspecified atom stereocenters. The topological polar surface area (TPSA) is 35.5 Å². The van der Waals surface area contributed by atoms with Crippen LogP contribution in [-0.4, -0.2) is 36.2 Å². The van der Waals surface area contributed by atoms with Crippen LogP contribution < -0.4 is 5.32 Å². The highest BCUT2D eigenvalue weighted by Crippen LogP contribution is 2.30. The molecule has 1 saturated heterocycles. The first-order valence-electron chi connectivity index (χ1n) is 6.65. The SMILES string of the molecule is C=C(C)C[C@H](c1ccc(O)c(F)c1)N1CCNCC1. The van der Waals surface area contributed by atoms with Crippen LogP contribution in [0.2, 0.25) is 0 Å². The minimum Gasteiger partial charge on any atom is -0.505 e. The number of nitrogens with zero attached hydrogens (tertiary/aromatic N) is 1. The Bertz CT molecular complexity index is 455. The molecule has 2 rings (SSSR count). The summed E-state index contributed by atoms with van der Waals surface area (Å²) in [4.78, 5) is 2.34. The van der Waals surface area contributed by atoms with Crippen LogP contribution in [0.3, 0.4) is 0 Å².